The molecule has 4 nitrogen and oxygen atoms in total. The molecule has 0 bridgehead atoms. The van der Waals surface area contributed by atoms with Crippen LogP contribution in [-0.4, -0.2) is 11.8 Å². The molecule has 0 unspecified atom stereocenters. The lowest BCUT2D eigenvalue weighted by Gasteiger charge is -2.41. The van der Waals surface area contributed by atoms with Gasteiger partial charge in [-0.25, -0.2) is 0 Å². The van der Waals surface area contributed by atoms with Crippen LogP contribution in [0.1, 0.15) is 33.6 Å². The first-order chi connectivity index (χ1) is 5.91. The molecule has 1 rings (SSSR count). The highest BCUT2D eigenvalue weighted by molar-refractivity contribution is 5.83. The Morgan fingerprint density at radius 2 is 1.77 bits per heavy atom. The minimum absolute atomic E-state index is 0.0712. The molecule has 0 heterocycles. The summed E-state index contributed by atoms with van der Waals surface area (Å²) in [5, 5.41) is 0. The molecule has 1 fully saturated rings. The summed E-state index contributed by atoms with van der Waals surface area (Å²) in [5.41, 5.74) is 4.96. The van der Waals surface area contributed by atoms with Gasteiger partial charge in [0, 0.05) is 12.8 Å². The van der Waals surface area contributed by atoms with Crippen LogP contribution in [0.4, 0.5) is 0 Å². The van der Waals surface area contributed by atoms with E-state index in [-0.39, 0.29) is 23.1 Å². The van der Waals surface area contributed by atoms with E-state index in [1.807, 2.05) is 0 Å². The van der Waals surface area contributed by atoms with E-state index in [2.05, 4.69) is 24.7 Å². The summed E-state index contributed by atoms with van der Waals surface area (Å²) in [5.74, 6) is -0.247. The van der Waals surface area contributed by atoms with Crippen molar-refractivity contribution in [2.45, 2.75) is 33.6 Å². The Hall–Kier alpha value is -1.06. The maximum absolute atomic E-state index is 11.3. The van der Waals surface area contributed by atoms with Crippen LogP contribution in [0.3, 0.4) is 0 Å². The van der Waals surface area contributed by atoms with Gasteiger partial charge in [-0.15, -0.1) is 0 Å². The summed E-state index contributed by atoms with van der Waals surface area (Å²) in [6.07, 6.45) is 1.80. The Balaban J connectivity index is 2.23. The Bertz CT molecular complexity index is 228. The third-order valence-corrected chi connectivity index (χ3v) is 2.33. The first-order valence-corrected chi connectivity index (χ1v) is 4.47. The van der Waals surface area contributed by atoms with Gasteiger partial charge in [0.15, 0.2) is 0 Å². The van der Waals surface area contributed by atoms with Crippen LogP contribution >= 0.6 is 0 Å². The molecule has 0 aliphatic heterocycles. The number of amides is 2. The van der Waals surface area contributed by atoms with E-state index in [1.54, 1.807) is 0 Å². The normalized spacial score (nSPS) is 20.2. The van der Waals surface area contributed by atoms with E-state index < -0.39 is 0 Å². The molecule has 0 aromatic heterocycles. The van der Waals surface area contributed by atoms with Crippen molar-refractivity contribution >= 4 is 11.8 Å². The van der Waals surface area contributed by atoms with Crippen LogP contribution in [0.25, 0.3) is 0 Å². The molecule has 1 aliphatic rings. The molecule has 74 valence electrons. The average molecular weight is 184 g/mol. The highest BCUT2D eigenvalue weighted by Gasteiger charge is 2.40. The number of nitrogens with one attached hydrogen (secondary N) is 2. The zero-order valence-corrected chi connectivity index (χ0v) is 8.31. The standard InChI is InChI=1S/C9H16N2O2/c1-6(12)10-11-8(13)7-4-9(2,3)5-7/h7H,4-5H2,1-3H3,(H,10,12)(H,11,13). The lowest BCUT2D eigenvalue weighted by molar-refractivity contribution is -0.135. The van der Waals surface area contributed by atoms with E-state index in [1.165, 1.54) is 6.92 Å². The van der Waals surface area contributed by atoms with Gasteiger partial charge in [0.1, 0.15) is 0 Å². The molecule has 4 heteroatoms. The molecular weight excluding hydrogens is 168 g/mol. The zero-order valence-electron chi connectivity index (χ0n) is 8.31. The van der Waals surface area contributed by atoms with Crippen molar-refractivity contribution < 1.29 is 9.59 Å². The fourth-order valence-corrected chi connectivity index (χ4v) is 1.71. The number of hydrogen-bond donors (Lipinski definition) is 2. The molecule has 0 aromatic rings. The minimum Gasteiger partial charge on any atom is -0.274 e. The van der Waals surface area contributed by atoms with E-state index in [9.17, 15) is 9.59 Å². The highest BCUT2D eigenvalue weighted by atomic mass is 16.2. The summed E-state index contributed by atoms with van der Waals surface area (Å²) in [6, 6.07) is 0. The van der Waals surface area contributed by atoms with Crippen molar-refractivity contribution in [3.8, 4) is 0 Å². The van der Waals surface area contributed by atoms with Crippen LogP contribution in [0.2, 0.25) is 0 Å². The van der Waals surface area contributed by atoms with Crippen molar-refractivity contribution in [1.82, 2.24) is 10.9 Å². The molecule has 2 N–H and O–H groups in total. The minimum atomic E-state index is -0.244. The molecule has 2 amide bonds. The summed E-state index contributed by atoms with van der Waals surface area (Å²) < 4.78 is 0. The third-order valence-electron chi connectivity index (χ3n) is 2.33. The molecule has 1 saturated carbocycles. The highest BCUT2D eigenvalue weighted by Crippen LogP contribution is 2.44. The van der Waals surface area contributed by atoms with Gasteiger partial charge in [0.2, 0.25) is 11.8 Å². The van der Waals surface area contributed by atoms with Crippen molar-refractivity contribution in [1.29, 1.82) is 0 Å². The monoisotopic (exact) mass is 184 g/mol. The second-order valence-electron chi connectivity index (χ2n) is 4.44. The van der Waals surface area contributed by atoms with Crippen LogP contribution in [0, 0.1) is 11.3 Å². The van der Waals surface area contributed by atoms with Gasteiger partial charge in [-0.3, -0.25) is 20.4 Å². The van der Waals surface area contributed by atoms with E-state index in [0.29, 0.717) is 0 Å². The SMILES string of the molecule is CC(=O)NNC(=O)C1CC(C)(C)C1. The van der Waals surface area contributed by atoms with Crippen molar-refractivity contribution in [2.75, 3.05) is 0 Å². The van der Waals surface area contributed by atoms with Crippen LogP contribution in [0.5, 0.6) is 0 Å². The lowest BCUT2D eigenvalue weighted by atomic mass is 9.64. The van der Waals surface area contributed by atoms with Gasteiger partial charge >= 0.3 is 0 Å². The predicted octanol–water partition coefficient (Wildman–Crippen LogP) is 0.590. The van der Waals surface area contributed by atoms with Gasteiger partial charge in [-0.05, 0) is 18.3 Å². The Morgan fingerprint density at radius 3 is 2.15 bits per heavy atom. The summed E-state index contributed by atoms with van der Waals surface area (Å²) in [4.78, 5) is 21.8. The summed E-state index contributed by atoms with van der Waals surface area (Å²) in [6.45, 7) is 5.63. The van der Waals surface area contributed by atoms with Crippen molar-refractivity contribution in [3.63, 3.8) is 0 Å². The fourth-order valence-electron chi connectivity index (χ4n) is 1.71. The fraction of sp³-hybridized carbons (Fsp3) is 0.778. The molecule has 0 spiro atoms. The van der Waals surface area contributed by atoms with E-state index >= 15 is 0 Å². The lowest BCUT2D eigenvalue weighted by Crippen LogP contribution is -2.48. The Morgan fingerprint density at radius 1 is 1.23 bits per heavy atom. The van der Waals surface area contributed by atoms with E-state index in [4.69, 9.17) is 0 Å². The molecule has 13 heavy (non-hydrogen) atoms. The molecule has 0 aromatic carbocycles. The second-order valence-corrected chi connectivity index (χ2v) is 4.44. The van der Waals surface area contributed by atoms with Crippen molar-refractivity contribution in [2.24, 2.45) is 11.3 Å². The number of carbonyl (C=O) groups is 2. The smallest absolute Gasteiger partial charge is 0.241 e. The summed E-state index contributed by atoms with van der Waals surface area (Å²) in [7, 11) is 0. The zero-order chi connectivity index (χ0) is 10.1. The van der Waals surface area contributed by atoms with Crippen LogP contribution in [0.15, 0.2) is 0 Å². The predicted molar refractivity (Wildman–Crippen MR) is 48.5 cm³/mol. The molecular formula is C9H16N2O2. The van der Waals surface area contributed by atoms with Gasteiger partial charge < -0.3 is 0 Å². The maximum Gasteiger partial charge on any atom is 0.241 e. The second kappa shape index (κ2) is 3.36. The van der Waals surface area contributed by atoms with Gasteiger partial charge in [0.05, 0.1) is 0 Å². The molecule has 0 radical (unpaired) electrons. The number of carbonyl (C=O) groups excluding carboxylic acids is 2. The Kier molecular flexibility index (Phi) is 2.59. The third kappa shape index (κ3) is 2.72. The van der Waals surface area contributed by atoms with E-state index in [0.717, 1.165) is 12.8 Å². The molecule has 0 atom stereocenters. The number of rotatable bonds is 1. The Labute approximate surface area is 78.0 Å². The van der Waals surface area contributed by atoms with Gasteiger partial charge in [-0.1, -0.05) is 13.8 Å². The largest absolute Gasteiger partial charge is 0.274 e. The number of hydrazine groups is 1. The first-order valence-electron chi connectivity index (χ1n) is 4.47. The van der Waals surface area contributed by atoms with Crippen molar-refractivity contribution in [3.05, 3.63) is 0 Å². The van der Waals surface area contributed by atoms with Crippen LogP contribution < -0.4 is 10.9 Å². The first kappa shape index (κ1) is 10.0. The number of hydrogen-bond acceptors (Lipinski definition) is 2. The van der Waals surface area contributed by atoms with Gasteiger partial charge in [-0.2, -0.15) is 0 Å². The molecule has 1 aliphatic carbocycles. The maximum atomic E-state index is 11.3. The summed E-state index contributed by atoms with van der Waals surface area (Å²) >= 11 is 0. The average Bonchev–Trinajstić information content (AvgIpc) is 1.95. The van der Waals surface area contributed by atoms with Gasteiger partial charge in [0.25, 0.3) is 0 Å². The quantitative estimate of drug-likeness (QED) is 0.586. The molecule has 0 saturated heterocycles. The van der Waals surface area contributed by atoms with Crippen LogP contribution in [-0.2, 0) is 9.59 Å². The topological polar surface area (TPSA) is 58.2 Å².